The summed E-state index contributed by atoms with van der Waals surface area (Å²) in [6.07, 6.45) is 1.97. The van der Waals surface area contributed by atoms with Crippen LogP contribution in [0.1, 0.15) is 19.3 Å². The van der Waals surface area contributed by atoms with Crippen LogP contribution >= 0.6 is 0 Å². The normalized spacial score (nSPS) is 15.4. The fourth-order valence-electron chi connectivity index (χ4n) is 3.92. The van der Waals surface area contributed by atoms with Gasteiger partial charge in [-0.3, -0.25) is 9.59 Å². The van der Waals surface area contributed by atoms with Crippen molar-refractivity contribution < 1.29 is 9.59 Å². The molecule has 4 rings (SSSR count). The number of carbonyl (C=O) groups excluding carboxylic acids is 2. The SMILES string of the molecule is NC(=O)CCN1CCC(C(=O)Nc2cccc(-c3cc4ccccc4[nH]3)c2)CC1. The van der Waals surface area contributed by atoms with Gasteiger partial charge in [0.25, 0.3) is 0 Å². The molecule has 0 radical (unpaired) electrons. The lowest BCUT2D eigenvalue weighted by Crippen LogP contribution is -2.39. The van der Waals surface area contributed by atoms with Gasteiger partial charge in [-0.05, 0) is 50.2 Å². The second-order valence-corrected chi connectivity index (χ2v) is 7.67. The van der Waals surface area contributed by atoms with E-state index in [9.17, 15) is 9.59 Å². The number of nitrogens with zero attached hydrogens (tertiary/aromatic N) is 1. The Labute approximate surface area is 170 Å². The minimum absolute atomic E-state index is 0.00319. The molecule has 0 bridgehead atoms. The predicted octanol–water partition coefficient (Wildman–Crippen LogP) is 3.36. The molecule has 1 fully saturated rings. The zero-order chi connectivity index (χ0) is 20.2. The van der Waals surface area contributed by atoms with E-state index in [0.29, 0.717) is 13.0 Å². The van der Waals surface area contributed by atoms with Gasteiger partial charge in [0.1, 0.15) is 0 Å². The molecule has 2 aromatic carbocycles. The van der Waals surface area contributed by atoms with E-state index >= 15 is 0 Å². The fraction of sp³-hybridized carbons (Fsp3) is 0.304. The van der Waals surface area contributed by atoms with Gasteiger partial charge in [0.15, 0.2) is 0 Å². The largest absolute Gasteiger partial charge is 0.370 e. The molecule has 6 nitrogen and oxygen atoms in total. The lowest BCUT2D eigenvalue weighted by Gasteiger charge is -2.30. The number of H-pyrrole nitrogens is 1. The monoisotopic (exact) mass is 390 g/mol. The molecule has 2 amide bonds. The molecule has 6 heteroatoms. The summed E-state index contributed by atoms with van der Waals surface area (Å²) in [6.45, 7) is 2.32. The Morgan fingerprint density at radius 1 is 1.07 bits per heavy atom. The number of para-hydroxylation sites is 1. The topological polar surface area (TPSA) is 91.2 Å². The molecule has 0 saturated carbocycles. The summed E-state index contributed by atoms with van der Waals surface area (Å²) in [6, 6.07) is 18.2. The number of anilines is 1. The number of hydrogen-bond donors (Lipinski definition) is 3. The first kappa shape index (κ1) is 19.2. The molecule has 3 aromatic rings. The third-order valence-corrected chi connectivity index (χ3v) is 5.60. The number of piperidine rings is 1. The first-order valence-electron chi connectivity index (χ1n) is 10.1. The first-order chi connectivity index (χ1) is 14.1. The van der Waals surface area contributed by atoms with Gasteiger partial charge in [0, 0.05) is 46.7 Å². The van der Waals surface area contributed by atoms with Crippen LogP contribution in [-0.4, -0.2) is 41.3 Å². The molecule has 150 valence electrons. The molecule has 0 aliphatic carbocycles. The van der Waals surface area contributed by atoms with Crippen LogP contribution in [0.3, 0.4) is 0 Å². The molecule has 2 heterocycles. The number of aromatic nitrogens is 1. The Kier molecular flexibility index (Phi) is 5.62. The molecule has 1 aromatic heterocycles. The maximum absolute atomic E-state index is 12.7. The van der Waals surface area contributed by atoms with Crippen molar-refractivity contribution >= 4 is 28.4 Å². The van der Waals surface area contributed by atoms with Crippen molar-refractivity contribution in [1.29, 1.82) is 0 Å². The smallest absolute Gasteiger partial charge is 0.227 e. The summed E-state index contributed by atoms with van der Waals surface area (Å²) in [5, 5.41) is 4.24. The summed E-state index contributed by atoms with van der Waals surface area (Å²) in [5.41, 5.74) is 9.19. The lowest BCUT2D eigenvalue weighted by molar-refractivity contribution is -0.122. The summed E-state index contributed by atoms with van der Waals surface area (Å²) < 4.78 is 0. The quantitative estimate of drug-likeness (QED) is 0.603. The minimum atomic E-state index is -0.278. The molecule has 4 N–H and O–H groups in total. The number of hydrogen-bond acceptors (Lipinski definition) is 3. The number of likely N-dealkylation sites (tertiary alicyclic amines) is 1. The number of benzene rings is 2. The van der Waals surface area contributed by atoms with Gasteiger partial charge in [-0.2, -0.15) is 0 Å². The van der Waals surface area contributed by atoms with Crippen molar-refractivity contribution in [2.24, 2.45) is 11.7 Å². The van der Waals surface area contributed by atoms with Crippen LogP contribution in [0.5, 0.6) is 0 Å². The highest BCUT2D eigenvalue weighted by molar-refractivity contribution is 5.93. The first-order valence-corrected chi connectivity index (χ1v) is 10.1. The van der Waals surface area contributed by atoms with E-state index in [1.165, 1.54) is 5.39 Å². The van der Waals surface area contributed by atoms with Crippen molar-refractivity contribution in [3.05, 3.63) is 54.6 Å². The highest BCUT2D eigenvalue weighted by Gasteiger charge is 2.25. The Bertz CT molecular complexity index is 985. The Morgan fingerprint density at radius 2 is 1.86 bits per heavy atom. The Morgan fingerprint density at radius 3 is 2.62 bits per heavy atom. The average Bonchev–Trinajstić information content (AvgIpc) is 3.17. The van der Waals surface area contributed by atoms with E-state index in [0.717, 1.165) is 48.4 Å². The lowest BCUT2D eigenvalue weighted by atomic mass is 9.95. The molecule has 1 saturated heterocycles. The zero-order valence-electron chi connectivity index (χ0n) is 16.4. The number of aromatic amines is 1. The molecule has 0 spiro atoms. The number of fused-ring (bicyclic) bond motifs is 1. The van der Waals surface area contributed by atoms with Crippen molar-refractivity contribution in [3.8, 4) is 11.3 Å². The summed E-state index contributed by atoms with van der Waals surface area (Å²) >= 11 is 0. The van der Waals surface area contributed by atoms with Crippen molar-refractivity contribution in [2.45, 2.75) is 19.3 Å². The van der Waals surface area contributed by atoms with Crippen LogP contribution in [0.2, 0.25) is 0 Å². The highest BCUT2D eigenvalue weighted by atomic mass is 16.2. The van der Waals surface area contributed by atoms with Crippen molar-refractivity contribution in [1.82, 2.24) is 9.88 Å². The van der Waals surface area contributed by atoms with Crippen LogP contribution < -0.4 is 11.1 Å². The van der Waals surface area contributed by atoms with Crippen LogP contribution in [0, 0.1) is 5.92 Å². The maximum Gasteiger partial charge on any atom is 0.227 e. The molecule has 0 atom stereocenters. The van der Waals surface area contributed by atoms with E-state index in [-0.39, 0.29) is 17.7 Å². The minimum Gasteiger partial charge on any atom is -0.370 e. The summed E-state index contributed by atoms with van der Waals surface area (Å²) in [7, 11) is 0. The van der Waals surface area contributed by atoms with Gasteiger partial charge in [0.05, 0.1) is 0 Å². The van der Waals surface area contributed by atoms with Gasteiger partial charge in [-0.15, -0.1) is 0 Å². The number of rotatable bonds is 6. The fourth-order valence-corrected chi connectivity index (χ4v) is 3.92. The van der Waals surface area contributed by atoms with Crippen molar-refractivity contribution in [3.63, 3.8) is 0 Å². The second-order valence-electron chi connectivity index (χ2n) is 7.67. The van der Waals surface area contributed by atoms with Crippen LogP contribution in [0.15, 0.2) is 54.6 Å². The zero-order valence-corrected chi connectivity index (χ0v) is 16.4. The number of nitrogens with two attached hydrogens (primary N) is 1. The average molecular weight is 390 g/mol. The van der Waals surface area contributed by atoms with Gasteiger partial charge >= 0.3 is 0 Å². The number of carbonyl (C=O) groups is 2. The Hall–Kier alpha value is -3.12. The summed E-state index contributed by atoms with van der Waals surface area (Å²) in [5.74, 6) is -0.218. The second kappa shape index (κ2) is 8.49. The molecule has 1 aliphatic rings. The Balaban J connectivity index is 1.38. The maximum atomic E-state index is 12.7. The molecule has 1 aliphatic heterocycles. The third kappa shape index (κ3) is 4.66. The highest BCUT2D eigenvalue weighted by Crippen LogP contribution is 2.27. The molecule has 0 unspecified atom stereocenters. The molecule has 29 heavy (non-hydrogen) atoms. The summed E-state index contributed by atoms with van der Waals surface area (Å²) in [4.78, 5) is 29.3. The van der Waals surface area contributed by atoms with Crippen LogP contribution in [-0.2, 0) is 9.59 Å². The standard InChI is InChI=1S/C23H26N4O2/c24-22(28)10-13-27-11-8-16(9-12-27)23(29)25-19-6-3-5-17(14-19)21-15-18-4-1-2-7-20(18)26-21/h1-7,14-16,26H,8-13H2,(H2,24,28)(H,25,29). The van der Waals surface area contributed by atoms with E-state index in [1.807, 2.05) is 36.4 Å². The van der Waals surface area contributed by atoms with Gasteiger partial charge in [-0.1, -0.05) is 30.3 Å². The van der Waals surface area contributed by atoms with E-state index in [1.54, 1.807) is 0 Å². The number of amides is 2. The third-order valence-electron chi connectivity index (χ3n) is 5.60. The van der Waals surface area contributed by atoms with E-state index in [4.69, 9.17) is 5.73 Å². The molecular formula is C23H26N4O2. The van der Waals surface area contributed by atoms with Gasteiger partial charge < -0.3 is 20.9 Å². The molecular weight excluding hydrogens is 364 g/mol. The van der Waals surface area contributed by atoms with E-state index < -0.39 is 0 Å². The van der Waals surface area contributed by atoms with E-state index in [2.05, 4.69) is 33.4 Å². The van der Waals surface area contributed by atoms with Crippen LogP contribution in [0.4, 0.5) is 5.69 Å². The van der Waals surface area contributed by atoms with Crippen molar-refractivity contribution in [2.75, 3.05) is 25.0 Å². The number of primary amides is 1. The predicted molar refractivity (Wildman–Crippen MR) is 115 cm³/mol. The van der Waals surface area contributed by atoms with Crippen LogP contribution in [0.25, 0.3) is 22.2 Å². The van der Waals surface area contributed by atoms with Gasteiger partial charge in [0.2, 0.25) is 11.8 Å². The number of nitrogens with one attached hydrogen (secondary N) is 2. The van der Waals surface area contributed by atoms with Gasteiger partial charge in [-0.25, -0.2) is 0 Å².